The minimum atomic E-state index is 0. The van der Waals surface area contributed by atoms with Crippen LogP contribution in [0.2, 0.25) is 0 Å². The first-order valence-corrected chi connectivity index (χ1v) is 12.2. The number of aliphatic imine (C=N–C) groups is 1. The molecule has 1 aliphatic carbocycles. The van der Waals surface area contributed by atoms with Gasteiger partial charge in [-0.05, 0) is 71.8 Å². The Morgan fingerprint density at radius 1 is 0.933 bits per heavy atom. The molecule has 3 fully saturated rings. The van der Waals surface area contributed by atoms with Crippen molar-refractivity contribution in [2.45, 2.75) is 82.3 Å². The van der Waals surface area contributed by atoms with Gasteiger partial charge in [-0.3, -0.25) is 9.89 Å². The Bertz CT molecular complexity index is 482. The van der Waals surface area contributed by atoms with E-state index in [4.69, 9.17) is 4.74 Å². The zero-order valence-electron chi connectivity index (χ0n) is 19.5. The van der Waals surface area contributed by atoms with Gasteiger partial charge in [-0.2, -0.15) is 0 Å². The maximum atomic E-state index is 6.12. The van der Waals surface area contributed by atoms with Crippen LogP contribution in [0, 0.1) is 0 Å². The smallest absolute Gasteiger partial charge is 0.191 e. The van der Waals surface area contributed by atoms with Crippen molar-refractivity contribution in [1.29, 1.82) is 0 Å². The molecule has 0 spiro atoms. The average Bonchev–Trinajstić information content (AvgIpc) is 3.04. The highest BCUT2D eigenvalue weighted by molar-refractivity contribution is 14.0. The summed E-state index contributed by atoms with van der Waals surface area (Å²) in [5.74, 6) is 0.921. The summed E-state index contributed by atoms with van der Waals surface area (Å²) in [6, 6.07) is 0. The molecule has 7 heteroatoms. The molecule has 2 aliphatic heterocycles. The fourth-order valence-electron chi connectivity index (χ4n) is 5.28. The van der Waals surface area contributed by atoms with E-state index >= 15 is 0 Å². The highest BCUT2D eigenvalue weighted by Gasteiger charge is 2.39. The van der Waals surface area contributed by atoms with Crippen LogP contribution in [0.15, 0.2) is 4.99 Å². The summed E-state index contributed by atoms with van der Waals surface area (Å²) in [6.45, 7) is 7.49. The predicted octanol–water partition coefficient (Wildman–Crippen LogP) is 3.46. The Morgan fingerprint density at radius 3 is 2.20 bits per heavy atom. The highest BCUT2D eigenvalue weighted by Crippen LogP contribution is 2.30. The van der Waals surface area contributed by atoms with Gasteiger partial charge in [0.25, 0.3) is 0 Å². The van der Waals surface area contributed by atoms with Crippen LogP contribution in [0.4, 0.5) is 0 Å². The van der Waals surface area contributed by atoms with E-state index in [9.17, 15) is 0 Å². The molecule has 3 aliphatic rings. The monoisotopic (exact) mass is 535 g/mol. The van der Waals surface area contributed by atoms with Crippen molar-refractivity contribution in [2.75, 3.05) is 60.0 Å². The molecule has 2 N–H and O–H groups in total. The lowest BCUT2D eigenvalue weighted by atomic mass is 9.84. The maximum absolute atomic E-state index is 6.12. The van der Waals surface area contributed by atoms with Gasteiger partial charge in [-0.25, -0.2) is 0 Å². The number of nitrogens with one attached hydrogen (secondary N) is 2. The second kappa shape index (κ2) is 14.1. The number of hydrogen-bond donors (Lipinski definition) is 2. The van der Waals surface area contributed by atoms with Crippen LogP contribution in [0.3, 0.4) is 0 Å². The van der Waals surface area contributed by atoms with Crippen LogP contribution in [0.1, 0.15) is 70.6 Å². The molecule has 3 rings (SSSR count). The molecule has 1 saturated carbocycles. The van der Waals surface area contributed by atoms with Crippen LogP contribution >= 0.6 is 24.0 Å². The fourth-order valence-corrected chi connectivity index (χ4v) is 5.28. The molecule has 0 atom stereocenters. The van der Waals surface area contributed by atoms with Crippen molar-refractivity contribution in [3.63, 3.8) is 0 Å². The van der Waals surface area contributed by atoms with E-state index in [0.717, 1.165) is 25.7 Å². The first kappa shape index (κ1) is 26.1. The van der Waals surface area contributed by atoms with Gasteiger partial charge in [0.1, 0.15) is 0 Å². The number of hydrogen-bond acceptors (Lipinski definition) is 4. The molecular formula is C23H46IN5O. The fraction of sp³-hybridized carbons (Fsp3) is 0.957. The number of nitrogens with zero attached hydrogens (tertiary/aromatic N) is 3. The normalized spacial score (nSPS) is 24.7. The van der Waals surface area contributed by atoms with Gasteiger partial charge in [0, 0.05) is 25.7 Å². The first-order chi connectivity index (χ1) is 14.2. The summed E-state index contributed by atoms with van der Waals surface area (Å²) >= 11 is 0. The summed E-state index contributed by atoms with van der Waals surface area (Å²) in [4.78, 5) is 9.72. The topological polar surface area (TPSA) is 52.1 Å². The van der Waals surface area contributed by atoms with Crippen LogP contribution in [-0.2, 0) is 4.74 Å². The van der Waals surface area contributed by atoms with E-state index in [1.54, 1.807) is 0 Å². The molecule has 6 nitrogen and oxygen atoms in total. The molecule has 0 aromatic heterocycles. The summed E-state index contributed by atoms with van der Waals surface area (Å²) < 4.78 is 6.12. The van der Waals surface area contributed by atoms with E-state index in [-0.39, 0.29) is 29.5 Å². The first-order valence-electron chi connectivity index (χ1n) is 12.2. The average molecular weight is 536 g/mol. The maximum Gasteiger partial charge on any atom is 0.191 e. The van der Waals surface area contributed by atoms with Crippen molar-refractivity contribution in [1.82, 2.24) is 20.4 Å². The standard InChI is InChI=1S/C23H45N5O.HI/c1-24-22(25-14-19-29-21-10-6-3-4-7-11-21)26-20-23(12-17-27(2)18-13-23)28-15-8-5-9-16-28;/h21H,3-20H2,1-2H3,(H2,24,25,26);1H. The molecule has 0 radical (unpaired) electrons. The number of likely N-dealkylation sites (tertiary alicyclic amines) is 2. The second-order valence-electron chi connectivity index (χ2n) is 9.41. The number of rotatable bonds is 7. The summed E-state index contributed by atoms with van der Waals surface area (Å²) in [6.07, 6.45) is 14.9. The van der Waals surface area contributed by atoms with Gasteiger partial charge in [-0.15, -0.1) is 24.0 Å². The van der Waals surface area contributed by atoms with Crippen LogP contribution in [0.25, 0.3) is 0 Å². The quantitative estimate of drug-likeness (QED) is 0.172. The highest BCUT2D eigenvalue weighted by atomic mass is 127. The minimum absolute atomic E-state index is 0. The van der Waals surface area contributed by atoms with E-state index in [1.807, 2.05) is 7.05 Å². The molecule has 0 aromatic rings. The number of halogens is 1. The molecule has 2 heterocycles. The van der Waals surface area contributed by atoms with Gasteiger partial charge in [0.15, 0.2) is 5.96 Å². The molecule has 0 bridgehead atoms. The lowest BCUT2D eigenvalue weighted by Gasteiger charge is -2.50. The van der Waals surface area contributed by atoms with Gasteiger partial charge in [-0.1, -0.05) is 32.1 Å². The molecule has 0 unspecified atom stereocenters. The van der Waals surface area contributed by atoms with E-state index in [1.165, 1.54) is 96.8 Å². The van der Waals surface area contributed by atoms with E-state index < -0.39 is 0 Å². The van der Waals surface area contributed by atoms with Gasteiger partial charge >= 0.3 is 0 Å². The Kier molecular flexibility index (Phi) is 12.3. The third-order valence-electron chi connectivity index (χ3n) is 7.30. The molecule has 2 saturated heterocycles. The molecular weight excluding hydrogens is 489 g/mol. The van der Waals surface area contributed by atoms with Gasteiger partial charge in [0.2, 0.25) is 0 Å². The van der Waals surface area contributed by atoms with Crippen molar-refractivity contribution >= 4 is 29.9 Å². The Hall–Kier alpha value is -0.120. The molecule has 0 amide bonds. The zero-order chi connectivity index (χ0) is 20.4. The Morgan fingerprint density at radius 2 is 1.57 bits per heavy atom. The molecule has 0 aromatic carbocycles. The van der Waals surface area contributed by atoms with Gasteiger partial charge < -0.3 is 20.3 Å². The van der Waals surface area contributed by atoms with Crippen LogP contribution < -0.4 is 10.6 Å². The summed E-state index contributed by atoms with van der Waals surface area (Å²) in [5, 5.41) is 7.14. The van der Waals surface area contributed by atoms with Crippen molar-refractivity contribution in [3.8, 4) is 0 Å². The Balaban J connectivity index is 0.00000320. The van der Waals surface area contributed by atoms with Crippen LogP contribution in [-0.4, -0.2) is 87.4 Å². The number of piperidine rings is 2. The number of ether oxygens (including phenoxy) is 1. The number of guanidine groups is 1. The molecule has 30 heavy (non-hydrogen) atoms. The van der Waals surface area contributed by atoms with Crippen molar-refractivity contribution < 1.29 is 4.74 Å². The molecule has 176 valence electrons. The lowest BCUT2D eigenvalue weighted by molar-refractivity contribution is 0.0172. The second-order valence-corrected chi connectivity index (χ2v) is 9.41. The predicted molar refractivity (Wildman–Crippen MR) is 137 cm³/mol. The van der Waals surface area contributed by atoms with Gasteiger partial charge in [0.05, 0.1) is 12.7 Å². The third kappa shape index (κ3) is 8.10. The Labute approximate surface area is 202 Å². The summed E-state index contributed by atoms with van der Waals surface area (Å²) in [7, 11) is 4.13. The van der Waals surface area contributed by atoms with Crippen molar-refractivity contribution in [3.05, 3.63) is 0 Å². The third-order valence-corrected chi connectivity index (χ3v) is 7.30. The van der Waals surface area contributed by atoms with Crippen LogP contribution in [0.5, 0.6) is 0 Å². The van der Waals surface area contributed by atoms with E-state index in [0.29, 0.717) is 6.10 Å². The summed E-state index contributed by atoms with van der Waals surface area (Å²) in [5.41, 5.74) is 0.279. The minimum Gasteiger partial charge on any atom is -0.376 e. The largest absolute Gasteiger partial charge is 0.376 e. The lowest BCUT2D eigenvalue weighted by Crippen LogP contribution is -2.62. The van der Waals surface area contributed by atoms with E-state index in [2.05, 4.69) is 32.5 Å². The zero-order valence-corrected chi connectivity index (χ0v) is 21.8. The SMILES string of the molecule is CN=C(NCCOC1CCCCCC1)NCC1(N2CCCCC2)CCN(C)CC1.I. The van der Waals surface area contributed by atoms with Crippen molar-refractivity contribution in [2.24, 2.45) is 4.99 Å².